The second-order valence-electron chi connectivity index (χ2n) is 5.19. The van der Waals surface area contributed by atoms with Crippen LogP contribution in [0.5, 0.6) is 0 Å². The summed E-state index contributed by atoms with van der Waals surface area (Å²) in [5.74, 6) is 0. The second-order valence-corrected chi connectivity index (χ2v) is 6.16. The third-order valence-electron chi connectivity index (χ3n) is 3.50. The van der Waals surface area contributed by atoms with Gasteiger partial charge >= 0.3 is 6.18 Å². The van der Waals surface area contributed by atoms with E-state index in [0.29, 0.717) is 12.1 Å². The van der Waals surface area contributed by atoms with E-state index in [1.807, 2.05) is 11.9 Å². The average molecular weight is 322 g/mol. The Morgan fingerprint density at radius 1 is 1.19 bits per heavy atom. The van der Waals surface area contributed by atoms with Crippen LogP contribution < -0.4 is 0 Å². The van der Waals surface area contributed by atoms with Crippen molar-refractivity contribution < 1.29 is 21.9 Å². The van der Waals surface area contributed by atoms with Crippen LogP contribution in [0, 0.1) is 0 Å². The van der Waals surface area contributed by atoms with Crippen molar-refractivity contribution in [3.8, 4) is 0 Å². The van der Waals surface area contributed by atoms with Gasteiger partial charge in [0.15, 0.2) is 11.1 Å². The van der Waals surface area contributed by atoms with Gasteiger partial charge in [0, 0.05) is 32.7 Å². The zero-order valence-corrected chi connectivity index (χ0v) is 12.4. The van der Waals surface area contributed by atoms with E-state index in [2.05, 4.69) is 4.90 Å². The summed E-state index contributed by atoms with van der Waals surface area (Å²) in [5, 5.41) is 0. The first-order chi connectivity index (χ1) is 9.75. The van der Waals surface area contributed by atoms with Gasteiger partial charge in [-0.3, -0.25) is 4.90 Å². The summed E-state index contributed by atoms with van der Waals surface area (Å²) in [4.78, 5) is 3.98. The molecular weight excluding hydrogens is 305 g/mol. The van der Waals surface area contributed by atoms with Crippen LogP contribution in [0.3, 0.4) is 0 Å². The van der Waals surface area contributed by atoms with E-state index in [-0.39, 0.29) is 4.90 Å². The zero-order chi connectivity index (χ0) is 15.6. The van der Waals surface area contributed by atoms with E-state index in [9.17, 15) is 17.4 Å². The summed E-state index contributed by atoms with van der Waals surface area (Å²) >= 11 is -2.42. The minimum atomic E-state index is -4.52. The molecule has 0 saturated carbocycles. The molecule has 0 amide bonds. The quantitative estimate of drug-likeness (QED) is 0.865. The van der Waals surface area contributed by atoms with Crippen molar-refractivity contribution in [3.63, 3.8) is 0 Å². The molecule has 0 aliphatic carbocycles. The fourth-order valence-electron chi connectivity index (χ4n) is 2.28. The van der Waals surface area contributed by atoms with Gasteiger partial charge in [-0.25, -0.2) is 4.21 Å². The van der Waals surface area contributed by atoms with Crippen molar-refractivity contribution >= 4 is 11.1 Å². The lowest BCUT2D eigenvalue weighted by molar-refractivity contribution is -0.137. The Morgan fingerprint density at radius 3 is 2.33 bits per heavy atom. The SMILES string of the molecule is CN1CCN(Cc2cc(S(=O)O)cc(C(F)(F)F)c2)CC1. The van der Waals surface area contributed by atoms with Crippen LogP contribution in [0.1, 0.15) is 11.1 Å². The van der Waals surface area contributed by atoms with E-state index in [0.717, 1.165) is 38.3 Å². The predicted molar refractivity (Wildman–Crippen MR) is 73.3 cm³/mol. The lowest BCUT2D eigenvalue weighted by Gasteiger charge is -2.32. The summed E-state index contributed by atoms with van der Waals surface area (Å²) in [7, 11) is 1.99. The molecule has 0 bridgehead atoms. The molecule has 0 spiro atoms. The Morgan fingerprint density at radius 2 is 1.81 bits per heavy atom. The van der Waals surface area contributed by atoms with Crippen molar-refractivity contribution in [1.82, 2.24) is 9.80 Å². The molecular formula is C13H17F3N2O2S. The molecule has 2 rings (SSSR count). The minimum absolute atomic E-state index is 0.214. The van der Waals surface area contributed by atoms with Gasteiger partial charge in [0.2, 0.25) is 0 Å². The molecule has 1 aliphatic heterocycles. The van der Waals surface area contributed by atoms with E-state index in [1.54, 1.807) is 0 Å². The van der Waals surface area contributed by atoms with Gasteiger partial charge in [-0.2, -0.15) is 13.2 Å². The monoisotopic (exact) mass is 322 g/mol. The molecule has 8 heteroatoms. The number of likely N-dealkylation sites (N-methyl/N-ethyl adjacent to an activating group) is 1. The van der Waals surface area contributed by atoms with Crippen LogP contribution in [-0.2, 0) is 23.8 Å². The highest BCUT2D eigenvalue weighted by Gasteiger charge is 2.31. The number of halogens is 3. The molecule has 0 aromatic heterocycles. The third kappa shape index (κ3) is 4.50. The number of hydrogen-bond donors (Lipinski definition) is 1. The Hall–Kier alpha value is -0.960. The maximum atomic E-state index is 12.8. The molecule has 1 aromatic carbocycles. The molecule has 1 heterocycles. The lowest BCUT2D eigenvalue weighted by atomic mass is 10.1. The molecule has 1 aromatic rings. The molecule has 0 radical (unpaired) electrons. The molecule has 1 N–H and O–H groups in total. The summed E-state index contributed by atoms with van der Waals surface area (Å²) in [6.07, 6.45) is -4.52. The highest BCUT2D eigenvalue weighted by atomic mass is 32.2. The van der Waals surface area contributed by atoms with E-state index >= 15 is 0 Å². The van der Waals surface area contributed by atoms with Gasteiger partial charge in [-0.05, 0) is 30.8 Å². The molecule has 4 nitrogen and oxygen atoms in total. The first-order valence-corrected chi connectivity index (χ1v) is 7.59. The van der Waals surface area contributed by atoms with E-state index in [1.165, 1.54) is 6.07 Å². The average Bonchev–Trinajstić information content (AvgIpc) is 2.40. The maximum Gasteiger partial charge on any atom is 0.416 e. The third-order valence-corrected chi connectivity index (χ3v) is 4.14. The molecule has 1 atom stereocenters. The van der Waals surface area contributed by atoms with Gasteiger partial charge in [0.25, 0.3) is 0 Å². The highest BCUT2D eigenvalue weighted by molar-refractivity contribution is 7.79. The minimum Gasteiger partial charge on any atom is -0.304 e. The fourth-order valence-corrected chi connectivity index (χ4v) is 2.76. The summed E-state index contributed by atoms with van der Waals surface area (Å²) in [6.45, 7) is 3.60. The Labute approximate surface area is 123 Å². The largest absolute Gasteiger partial charge is 0.416 e. The molecule has 1 fully saturated rings. The van der Waals surface area contributed by atoms with Crippen molar-refractivity contribution in [1.29, 1.82) is 0 Å². The van der Waals surface area contributed by atoms with Crippen molar-refractivity contribution in [3.05, 3.63) is 29.3 Å². The van der Waals surface area contributed by atoms with Crippen molar-refractivity contribution in [2.24, 2.45) is 0 Å². The number of hydrogen-bond acceptors (Lipinski definition) is 3. The van der Waals surface area contributed by atoms with Gasteiger partial charge in [-0.1, -0.05) is 0 Å². The standard InChI is InChI=1S/C13H17F3N2O2S/c1-17-2-4-18(5-3-17)9-10-6-11(13(14,15)16)8-12(7-10)21(19)20/h6-8H,2-5,9H2,1H3,(H,19,20). The molecule has 1 unspecified atom stereocenters. The van der Waals surface area contributed by atoms with E-state index < -0.39 is 22.8 Å². The Bertz CT molecular complexity index is 529. The summed E-state index contributed by atoms with van der Waals surface area (Å²) < 4.78 is 58.7. The first-order valence-electron chi connectivity index (χ1n) is 6.48. The first kappa shape index (κ1) is 16.4. The molecule has 1 saturated heterocycles. The van der Waals surface area contributed by atoms with Crippen molar-refractivity contribution in [2.75, 3.05) is 33.2 Å². The van der Waals surface area contributed by atoms with Crippen LogP contribution >= 0.6 is 0 Å². The van der Waals surface area contributed by atoms with Gasteiger partial charge in [-0.15, -0.1) is 0 Å². The number of nitrogens with zero attached hydrogens (tertiary/aromatic N) is 2. The van der Waals surface area contributed by atoms with Crippen molar-refractivity contribution in [2.45, 2.75) is 17.6 Å². The van der Waals surface area contributed by atoms with Crippen LogP contribution in [0.25, 0.3) is 0 Å². The van der Waals surface area contributed by atoms with Crippen LogP contribution in [0.2, 0.25) is 0 Å². The molecule has 118 valence electrons. The topological polar surface area (TPSA) is 43.8 Å². The van der Waals surface area contributed by atoms with Gasteiger partial charge < -0.3 is 9.45 Å². The maximum absolute atomic E-state index is 12.8. The molecule has 21 heavy (non-hydrogen) atoms. The normalized spacial score (nSPS) is 19.7. The summed E-state index contributed by atoms with van der Waals surface area (Å²) in [6, 6.07) is 3.14. The summed E-state index contributed by atoms with van der Waals surface area (Å²) in [5.41, 5.74) is -0.474. The Kier molecular flexibility index (Phi) is 5.03. The highest BCUT2D eigenvalue weighted by Crippen LogP contribution is 2.31. The lowest BCUT2D eigenvalue weighted by Crippen LogP contribution is -2.43. The number of rotatable bonds is 3. The van der Waals surface area contributed by atoms with Crippen LogP contribution in [-0.4, -0.2) is 51.8 Å². The molecule has 1 aliphatic rings. The number of alkyl halides is 3. The fraction of sp³-hybridized carbons (Fsp3) is 0.538. The smallest absolute Gasteiger partial charge is 0.304 e. The predicted octanol–water partition coefficient (Wildman–Crippen LogP) is 2.03. The number of piperazine rings is 1. The van der Waals surface area contributed by atoms with Crippen LogP contribution in [0.15, 0.2) is 23.1 Å². The van der Waals surface area contributed by atoms with Gasteiger partial charge in [0.05, 0.1) is 10.5 Å². The van der Waals surface area contributed by atoms with Crippen LogP contribution in [0.4, 0.5) is 13.2 Å². The Balaban J connectivity index is 2.22. The number of benzene rings is 1. The zero-order valence-electron chi connectivity index (χ0n) is 11.6. The van der Waals surface area contributed by atoms with Gasteiger partial charge in [0.1, 0.15) is 0 Å². The second kappa shape index (κ2) is 6.43. The van der Waals surface area contributed by atoms with E-state index in [4.69, 9.17) is 4.55 Å².